The first-order valence-electron chi connectivity index (χ1n) is 18.7. The van der Waals surface area contributed by atoms with Crippen LogP contribution in [0.5, 0.6) is 0 Å². The molecule has 12 aromatic rings. The maximum absolute atomic E-state index is 6.43. The molecule has 3 heteroatoms. The normalized spacial score (nSPS) is 12.0. The monoisotopic (exact) mass is 701 g/mol. The van der Waals surface area contributed by atoms with E-state index in [9.17, 15) is 0 Å². The quantitative estimate of drug-likeness (QED) is 0.167. The van der Waals surface area contributed by atoms with Gasteiger partial charge in [-0.05, 0) is 80.5 Å². The zero-order valence-corrected chi connectivity index (χ0v) is 29.7. The van der Waals surface area contributed by atoms with Gasteiger partial charge in [0.2, 0.25) is 0 Å². The maximum atomic E-state index is 6.43. The van der Waals surface area contributed by atoms with Gasteiger partial charge in [0.25, 0.3) is 0 Å². The Labute approximate surface area is 316 Å². The van der Waals surface area contributed by atoms with Crippen molar-refractivity contribution in [2.24, 2.45) is 0 Å². The van der Waals surface area contributed by atoms with Gasteiger partial charge < -0.3 is 13.7 Å². The van der Waals surface area contributed by atoms with Crippen LogP contribution in [0, 0.1) is 0 Å². The number of furan rings is 2. The van der Waals surface area contributed by atoms with Crippen LogP contribution in [-0.2, 0) is 0 Å². The fraction of sp³-hybridized carbons (Fsp3) is 0. The molecule has 0 aliphatic carbocycles. The number of hydrogen-bond donors (Lipinski definition) is 0. The van der Waals surface area contributed by atoms with Crippen LogP contribution in [0.2, 0.25) is 0 Å². The summed E-state index contributed by atoms with van der Waals surface area (Å²) in [6.45, 7) is 0. The second kappa shape index (κ2) is 11.6. The lowest BCUT2D eigenvalue weighted by molar-refractivity contribution is 0.669. The van der Waals surface area contributed by atoms with Gasteiger partial charge in [0.15, 0.2) is 0 Å². The second-order valence-electron chi connectivity index (χ2n) is 14.4. The third-order valence-corrected chi connectivity index (χ3v) is 11.4. The average molecular weight is 702 g/mol. The summed E-state index contributed by atoms with van der Waals surface area (Å²) in [5.74, 6) is 0. The molecule has 0 amide bonds. The first-order chi connectivity index (χ1) is 27.3. The molecular formula is C52H31NO2. The number of nitrogens with zero attached hydrogens (tertiary/aromatic N) is 1. The van der Waals surface area contributed by atoms with E-state index in [1.165, 1.54) is 32.3 Å². The van der Waals surface area contributed by atoms with Crippen molar-refractivity contribution in [3.8, 4) is 22.3 Å². The van der Waals surface area contributed by atoms with Gasteiger partial charge in [-0.2, -0.15) is 0 Å². The van der Waals surface area contributed by atoms with Crippen LogP contribution >= 0.6 is 0 Å². The lowest BCUT2D eigenvalue weighted by Gasteiger charge is -2.28. The Morgan fingerprint density at radius 3 is 1.33 bits per heavy atom. The minimum absolute atomic E-state index is 0.904. The fourth-order valence-corrected chi connectivity index (χ4v) is 8.87. The number of fused-ring (bicyclic) bond motifs is 6. The van der Waals surface area contributed by atoms with Crippen LogP contribution < -0.4 is 4.90 Å². The molecule has 0 spiro atoms. The average Bonchev–Trinajstić information content (AvgIpc) is 3.83. The van der Waals surface area contributed by atoms with Gasteiger partial charge in [-0.1, -0.05) is 146 Å². The van der Waals surface area contributed by atoms with Crippen LogP contribution in [0.1, 0.15) is 0 Å². The highest BCUT2D eigenvalue weighted by atomic mass is 16.3. The van der Waals surface area contributed by atoms with E-state index in [0.717, 1.165) is 83.2 Å². The third-order valence-electron chi connectivity index (χ3n) is 11.4. The summed E-state index contributed by atoms with van der Waals surface area (Å²) in [6, 6.07) is 67.3. The zero-order chi connectivity index (χ0) is 36.0. The SMILES string of the molecule is c1cc2ccc3ccc(N(c4ccc(-c5cccc6c5oc5ccccc56)cc4)c4ccc(-c5cccc6c5oc5ccccc56)cc4)c4ccc(c1)c2c34. The molecule has 12 rings (SSSR count). The Kier molecular flexibility index (Phi) is 6.34. The fourth-order valence-electron chi connectivity index (χ4n) is 8.87. The molecule has 0 fully saturated rings. The van der Waals surface area contributed by atoms with Crippen molar-refractivity contribution < 1.29 is 8.83 Å². The molecule has 0 radical (unpaired) electrons. The van der Waals surface area contributed by atoms with Crippen molar-refractivity contribution in [3.63, 3.8) is 0 Å². The van der Waals surface area contributed by atoms with Gasteiger partial charge in [-0.15, -0.1) is 0 Å². The molecule has 0 aliphatic heterocycles. The van der Waals surface area contributed by atoms with Gasteiger partial charge >= 0.3 is 0 Å². The van der Waals surface area contributed by atoms with Crippen LogP contribution in [0.4, 0.5) is 17.1 Å². The Morgan fingerprint density at radius 1 is 0.309 bits per heavy atom. The Balaban J connectivity index is 1.03. The summed E-state index contributed by atoms with van der Waals surface area (Å²) in [6.07, 6.45) is 0. The van der Waals surface area contributed by atoms with Crippen molar-refractivity contribution >= 4 is 93.3 Å². The number of rotatable bonds is 5. The summed E-state index contributed by atoms with van der Waals surface area (Å²) in [5, 5.41) is 12.1. The summed E-state index contributed by atoms with van der Waals surface area (Å²) >= 11 is 0. The van der Waals surface area contributed by atoms with Crippen LogP contribution in [-0.4, -0.2) is 0 Å². The highest BCUT2D eigenvalue weighted by Gasteiger charge is 2.20. The number of hydrogen-bond acceptors (Lipinski definition) is 3. The Hall–Kier alpha value is -7.36. The largest absolute Gasteiger partial charge is 0.455 e. The van der Waals surface area contributed by atoms with Crippen LogP contribution in [0.25, 0.3) is 98.4 Å². The maximum Gasteiger partial charge on any atom is 0.143 e. The molecule has 2 aromatic heterocycles. The third kappa shape index (κ3) is 4.50. The summed E-state index contributed by atoms with van der Waals surface area (Å²) in [7, 11) is 0. The molecular weight excluding hydrogens is 671 g/mol. The predicted octanol–water partition coefficient (Wildman–Crippen LogP) is 15.2. The molecule has 0 unspecified atom stereocenters. The second-order valence-corrected chi connectivity index (χ2v) is 14.4. The molecule has 0 aliphatic rings. The molecule has 0 atom stereocenters. The van der Waals surface area contributed by atoms with Gasteiger partial charge in [0, 0.05) is 49.4 Å². The standard InChI is InChI=1S/C52H31NO2/c1-3-16-47-41(10-1)43-14-6-12-39(51(43)54-47)32-20-26-37(27-21-32)53(46-31-25-36-19-18-34-8-5-9-35-24-30-45(46)50(36)49(34)35)38-28-22-33(23-29-38)40-13-7-15-44-42-11-2-4-17-48(42)55-52(40)44/h1-31H. The van der Waals surface area contributed by atoms with Crippen molar-refractivity contribution in [2.45, 2.75) is 0 Å². The molecule has 256 valence electrons. The van der Waals surface area contributed by atoms with Gasteiger partial charge in [-0.25, -0.2) is 0 Å². The van der Waals surface area contributed by atoms with Crippen molar-refractivity contribution in [1.29, 1.82) is 0 Å². The molecule has 0 saturated carbocycles. The van der Waals surface area contributed by atoms with Crippen molar-refractivity contribution in [3.05, 3.63) is 188 Å². The number of para-hydroxylation sites is 4. The minimum atomic E-state index is 0.904. The van der Waals surface area contributed by atoms with E-state index < -0.39 is 0 Å². The van der Waals surface area contributed by atoms with Crippen molar-refractivity contribution in [1.82, 2.24) is 0 Å². The topological polar surface area (TPSA) is 29.5 Å². The first kappa shape index (κ1) is 30.1. The van der Waals surface area contributed by atoms with Crippen LogP contribution in [0.3, 0.4) is 0 Å². The van der Waals surface area contributed by atoms with Gasteiger partial charge in [0.1, 0.15) is 22.3 Å². The zero-order valence-electron chi connectivity index (χ0n) is 29.7. The van der Waals surface area contributed by atoms with Crippen molar-refractivity contribution in [2.75, 3.05) is 4.90 Å². The van der Waals surface area contributed by atoms with E-state index in [2.05, 4.69) is 169 Å². The lowest BCUT2D eigenvalue weighted by atomic mass is 9.93. The number of anilines is 3. The molecule has 55 heavy (non-hydrogen) atoms. The number of benzene rings is 10. The Bertz CT molecular complexity index is 3250. The molecule has 3 nitrogen and oxygen atoms in total. The van der Waals surface area contributed by atoms with E-state index in [1.807, 2.05) is 24.3 Å². The lowest BCUT2D eigenvalue weighted by Crippen LogP contribution is -2.10. The summed E-state index contributed by atoms with van der Waals surface area (Å²) in [4.78, 5) is 2.39. The molecule has 0 bridgehead atoms. The van der Waals surface area contributed by atoms with Gasteiger partial charge in [-0.3, -0.25) is 0 Å². The molecule has 0 saturated heterocycles. The van der Waals surface area contributed by atoms with E-state index in [1.54, 1.807) is 0 Å². The summed E-state index contributed by atoms with van der Waals surface area (Å²) in [5.41, 5.74) is 11.3. The molecule has 10 aromatic carbocycles. The highest BCUT2D eigenvalue weighted by Crippen LogP contribution is 2.45. The Morgan fingerprint density at radius 2 is 0.764 bits per heavy atom. The first-order valence-corrected chi connectivity index (χ1v) is 18.7. The highest BCUT2D eigenvalue weighted by molar-refractivity contribution is 6.26. The van der Waals surface area contributed by atoms with E-state index in [-0.39, 0.29) is 0 Å². The molecule has 0 N–H and O–H groups in total. The minimum Gasteiger partial charge on any atom is -0.455 e. The molecule has 2 heterocycles. The van der Waals surface area contributed by atoms with E-state index in [4.69, 9.17) is 8.83 Å². The summed E-state index contributed by atoms with van der Waals surface area (Å²) < 4.78 is 12.9. The smallest absolute Gasteiger partial charge is 0.143 e. The van der Waals surface area contributed by atoms with Crippen LogP contribution in [0.15, 0.2) is 197 Å². The van der Waals surface area contributed by atoms with E-state index in [0.29, 0.717) is 0 Å². The van der Waals surface area contributed by atoms with Gasteiger partial charge in [0.05, 0.1) is 5.69 Å². The predicted molar refractivity (Wildman–Crippen MR) is 230 cm³/mol. The van der Waals surface area contributed by atoms with E-state index >= 15 is 0 Å².